The number of carbonyl (C=O) groups excluding carboxylic acids is 1. The zero-order valence-corrected chi connectivity index (χ0v) is 8.41. The second-order valence-electron chi connectivity index (χ2n) is 3.75. The summed E-state index contributed by atoms with van der Waals surface area (Å²) in [6, 6.07) is 0. The first-order valence-electron chi connectivity index (χ1n) is 4.58. The van der Waals surface area contributed by atoms with E-state index in [1.54, 1.807) is 0 Å². The van der Waals surface area contributed by atoms with E-state index < -0.39 is 0 Å². The molecule has 1 fully saturated rings. The van der Waals surface area contributed by atoms with Crippen molar-refractivity contribution in [2.75, 3.05) is 0 Å². The van der Waals surface area contributed by atoms with Crippen molar-refractivity contribution in [3.63, 3.8) is 0 Å². The topological polar surface area (TPSA) is 26.3 Å². The minimum atomic E-state index is -0.254. The molecule has 1 rings (SSSR count). The zero-order chi connectivity index (χ0) is 9.84. The maximum Gasteiger partial charge on any atom is 0.307 e. The Balaban J connectivity index is 2.24. The third-order valence-electron chi connectivity index (χ3n) is 2.00. The van der Waals surface area contributed by atoms with Gasteiger partial charge in [0.25, 0.3) is 0 Å². The first-order valence-corrected chi connectivity index (χ1v) is 4.58. The number of hydrogen-bond acceptors (Lipinski definition) is 2. The number of rotatable bonds is 3. The van der Waals surface area contributed by atoms with Crippen LogP contribution in [0.2, 0.25) is 0 Å². The van der Waals surface area contributed by atoms with Gasteiger partial charge in [-0.05, 0) is 38.2 Å². The van der Waals surface area contributed by atoms with E-state index in [0.717, 1.165) is 0 Å². The molecule has 0 saturated heterocycles. The third-order valence-corrected chi connectivity index (χ3v) is 2.00. The minimum Gasteiger partial charge on any atom is -0.435 e. The molecule has 0 N–H and O–H groups in total. The monoisotopic (exact) mass is 180 g/mol. The van der Waals surface area contributed by atoms with Crippen molar-refractivity contribution < 1.29 is 9.53 Å². The summed E-state index contributed by atoms with van der Waals surface area (Å²) in [6.45, 7) is 5.61. The molecule has 0 unspecified atom stereocenters. The summed E-state index contributed by atoms with van der Waals surface area (Å²) < 4.78 is 4.71. The Kier molecular flexibility index (Phi) is 3.29. The lowest BCUT2D eigenvalue weighted by atomic mass is 10.2. The van der Waals surface area contributed by atoms with Crippen LogP contribution >= 0.6 is 0 Å². The Morgan fingerprint density at radius 2 is 2.00 bits per heavy atom. The second-order valence-corrected chi connectivity index (χ2v) is 3.75. The molecule has 0 bridgehead atoms. The van der Waals surface area contributed by atoms with Gasteiger partial charge in [-0.15, -0.1) is 0 Å². The van der Waals surface area contributed by atoms with Crippen LogP contribution in [0.4, 0.5) is 0 Å². The number of allylic oxidation sites excluding steroid dienone is 3. The van der Waals surface area contributed by atoms with Gasteiger partial charge in [0.1, 0.15) is 0 Å². The maximum absolute atomic E-state index is 10.4. The number of ether oxygens (including phenoxy) is 1. The molecule has 0 aromatic carbocycles. The average molecular weight is 180 g/mol. The molecule has 2 atom stereocenters. The van der Waals surface area contributed by atoms with E-state index in [-0.39, 0.29) is 5.97 Å². The predicted octanol–water partition coefficient (Wildman–Crippen LogP) is 2.67. The quantitative estimate of drug-likeness (QED) is 0.379. The summed E-state index contributed by atoms with van der Waals surface area (Å²) in [5.41, 5.74) is 1.35. The van der Waals surface area contributed by atoms with Gasteiger partial charge in [0.15, 0.2) is 0 Å². The lowest BCUT2D eigenvalue weighted by molar-refractivity contribution is -0.135. The first-order chi connectivity index (χ1) is 6.09. The Morgan fingerprint density at radius 3 is 2.54 bits per heavy atom. The van der Waals surface area contributed by atoms with Gasteiger partial charge in [-0.1, -0.05) is 11.6 Å². The summed E-state index contributed by atoms with van der Waals surface area (Å²) in [7, 11) is 0. The third kappa shape index (κ3) is 3.92. The SMILES string of the molecule is CC(=O)O/C=C\[C@H]1C[C@H]1C=C(C)C. The van der Waals surface area contributed by atoms with Crippen LogP contribution in [0.1, 0.15) is 27.2 Å². The van der Waals surface area contributed by atoms with Crippen LogP contribution in [0, 0.1) is 11.8 Å². The van der Waals surface area contributed by atoms with Crippen molar-refractivity contribution >= 4 is 5.97 Å². The van der Waals surface area contributed by atoms with Crippen molar-refractivity contribution in [3.05, 3.63) is 24.0 Å². The molecule has 2 heteroatoms. The lowest BCUT2D eigenvalue weighted by Gasteiger charge is -1.90. The molecule has 1 aliphatic rings. The van der Waals surface area contributed by atoms with Crippen molar-refractivity contribution in [1.82, 2.24) is 0 Å². The van der Waals surface area contributed by atoms with Crippen LogP contribution in [0.5, 0.6) is 0 Å². The van der Waals surface area contributed by atoms with Crippen molar-refractivity contribution in [3.8, 4) is 0 Å². The molecule has 2 nitrogen and oxygen atoms in total. The average Bonchev–Trinajstić information content (AvgIpc) is 2.65. The molecule has 0 amide bonds. The van der Waals surface area contributed by atoms with Crippen LogP contribution in [-0.2, 0) is 9.53 Å². The number of hydrogen-bond donors (Lipinski definition) is 0. The summed E-state index contributed by atoms with van der Waals surface area (Å²) in [5.74, 6) is 0.988. The normalized spacial score (nSPS) is 25.8. The van der Waals surface area contributed by atoms with E-state index in [1.165, 1.54) is 25.2 Å². The van der Waals surface area contributed by atoms with Gasteiger partial charge in [-0.25, -0.2) is 0 Å². The van der Waals surface area contributed by atoms with Gasteiger partial charge in [0.2, 0.25) is 0 Å². The van der Waals surface area contributed by atoms with Crippen molar-refractivity contribution in [1.29, 1.82) is 0 Å². The van der Waals surface area contributed by atoms with Gasteiger partial charge in [0.05, 0.1) is 6.26 Å². The summed E-state index contributed by atoms with van der Waals surface area (Å²) in [5, 5.41) is 0. The first kappa shape index (κ1) is 10.0. The second kappa shape index (κ2) is 4.26. The molecule has 72 valence electrons. The predicted molar refractivity (Wildman–Crippen MR) is 51.9 cm³/mol. The van der Waals surface area contributed by atoms with E-state index in [4.69, 9.17) is 4.74 Å². The van der Waals surface area contributed by atoms with Crippen LogP contribution in [0.3, 0.4) is 0 Å². The maximum atomic E-state index is 10.4. The molecular formula is C11H16O2. The van der Waals surface area contributed by atoms with Crippen LogP contribution in [0.15, 0.2) is 24.0 Å². The molecule has 1 saturated carbocycles. The molecule has 0 aromatic rings. The van der Waals surface area contributed by atoms with E-state index in [9.17, 15) is 4.79 Å². The lowest BCUT2D eigenvalue weighted by Crippen LogP contribution is -1.89. The fraction of sp³-hybridized carbons (Fsp3) is 0.545. The molecule has 1 aliphatic carbocycles. The summed E-state index contributed by atoms with van der Waals surface area (Å²) in [6.07, 6.45) is 6.92. The largest absolute Gasteiger partial charge is 0.435 e. The Bertz CT molecular complexity index is 247. The highest BCUT2D eigenvalue weighted by Gasteiger charge is 2.32. The van der Waals surface area contributed by atoms with Gasteiger partial charge in [-0.3, -0.25) is 4.79 Å². The highest BCUT2D eigenvalue weighted by atomic mass is 16.5. The van der Waals surface area contributed by atoms with Gasteiger partial charge >= 0.3 is 5.97 Å². The highest BCUT2D eigenvalue weighted by molar-refractivity contribution is 5.66. The Morgan fingerprint density at radius 1 is 1.31 bits per heavy atom. The number of esters is 1. The van der Waals surface area contributed by atoms with Gasteiger partial charge in [0, 0.05) is 6.92 Å². The molecule has 0 aliphatic heterocycles. The van der Waals surface area contributed by atoms with E-state index in [2.05, 4.69) is 19.9 Å². The molecular weight excluding hydrogens is 164 g/mol. The highest BCUT2D eigenvalue weighted by Crippen LogP contribution is 2.41. The Hall–Kier alpha value is -1.05. The van der Waals surface area contributed by atoms with Gasteiger partial charge < -0.3 is 4.74 Å². The van der Waals surface area contributed by atoms with E-state index in [1.807, 2.05) is 6.08 Å². The van der Waals surface area contributed by atoms with Crippen LogP contribution < -0.4 is 0 Å². The molecule has 0 heterocycles. The molecule has 0 spiro atoms. The fourth-order valence-electron chi connectivity index (χ4n) is 1.31. The number of carbonyl (C=O) groups is 1. The fourth-order valence-corrected chi connectivity index (χ4v) is 1.31. The van der Waals surface area contributed by atoms with Crippen molar-refractivity contribution in [2.24, 2.45) is 11.8 Å². The molecule has 13 heavy (non-hydrogen) atoms. The Labute approximate surface area is 79.3 Å². The van der Waals surface area contributed by atoms with E-state index in [0.29, 0.717) is 11.8 Å². The molecule has 0 radical (unpaired) electrons. The van der Waals surface area contributed by atoms with Crippen molar-refractivity contribution in [2.45, 2.75) is 27.2 Å². The minimum absolute atomic E-state index is 0.254. The molecule has 0 aromatic heterocycles. The standard InChI is InChI=1S/C11H16O2/c1-8(2)6-11-7-10(11)4-5-13-9(3)12/h4-6,10-11H,7H2,1-3H3/b5-4-/t10-,11+/m0/s1. The van der Waals surface area contributed by atoms with Crippen LogP contribution in [-0.4, -0.2) is 5.97 Å². The summed E-state index contributed by atoms with van der Waals surface area (Å²) in [4.78, 5) is 10.4. The zero-order valence-electron chi connectivity index (χ0n) is 8.41. The van der Waals surface area contributed by atoms with E-state index >= 15 is 0 Å². The van der Waals surface area contributed by atoms with Gasteiger partial charge in [-0.2, -0.15) is 0 Å². The summed E-state index contributed by atoms with van der Waals surface area (Å²) >= 11 is 0. The smallest absolute Gasteiger partial charge is 0.307 e. The van der Waals surface area contributed by atoms with Crippen LogP contribution in [0.25, 0.3) is 0 Å².